The highest BCUT2D eigenvalue weighted by Crippen LogP contribution is 2.32. The van der Waals surface area contributed by atoms with Crippen molar-refractivity contribution in [1.82, 2.24) is 4.31 Å². The summed E-state index contributed by atoms with van der Waals surface area (Å²) in [6, 6.07) is 3.82. The van der Waals surface area contributed by atoms with Crippen LogP contribution in [0.1, 0.15) is 30.9 Å². The van der Waals surface area contributed by atoms with Gasteiger partial charge in [-0.05, 0) is 62.8 Å². The Morgan fingerprint density at radius 2 is 1.80 bits per heavy atom. The lowest BCUT2D eigenvalue weighted by Gasteiger charge is -2.20. The molecule has 0 aromatic heterocycles. The molecule has 0 unspecified atom stereocenters. The largest absolute Gasteiger partial charge is 0.385 e. The summed E-state index contributed by atoms with van der Waals surface area (Å²) in [4.78, 5) is 0.460. The minimum absolute atomic E-state index is 0.460. The van der Waals surface area contributed by atoms with E-state index in [2.05, 4.69) is 5.32 Å². The summed E-state index contributed by atoms with van der Waals surface area (Å²) in [5.41, 5.74) is 2.60. The number of nitrogens with one attached hydrogen (secondary N) is 1. The third kappa shape index (κ3) is 3.15. The first kappa shape index (κ1) is 15.3. The minimum Gasteiger partial charge on any atom is -0.385 e. The quantitative estimate of drug-likeness (QED) is 0.878. The Kier molecular flexibility index (Phi) is 4.39. The molecule has 0 radical (unpaired) electrons. The second-order valence-corrected chi connectivity index (χ2v) is 7.68. The Balaban J connectivity index is 2.35. The van der Waals surface area contributed by atoms with E-state index in [1.54, 1.807) is 7.05 Å². The molecule has 1 aromatic carbocycles. The van der Waals surface area contributed by atoms with Gasteiger partial charge >= 0.3 is 0 Å². The molecule has 1 aliphatic rings. The number of hydrogen-bond donors (Lipinski definition) is 1. The summed E-state index contributed by atoms with van der Waals surface area (Å²) in [7, 11) is -1.70. The van der Waals surface area contributed by atoms with Crippen LogP contribution in [0.5, 0.6) is 0 Å². The van der Waals surface area contributed by atoms with Crippen LogP contribution in [-0.2, 0) is 10.0 Å². The van der Waals surface area contributed by atoms with Crippen LogP contribution in [0.15, 0.2) is 17.0 Å². The number of aryl methyl sites for hydroxylation is 2. The van der Waals surface area contributed by atoms with Gasteiger partial charge in [0.05, 0.1) is 4.90 Å². The normalized spacial score (nSPS) is 15.7. The molecular formula is C15H24N2O2S. The van der Waals surface area contributed by atoms with Gasteiger partial charge in [-0.3, -0.25) is 0 Å². The maximum absolute atomic E-state index is 12.7. The molecule has 0 atom stereocenters. The third-order valence-corrected chi connectivity index (χ3v) is 5.85. The van der Waals surface area contributed by atoms with Gasteiger partial charge in [-0.25, -0.2) is 12.7 Å². The number of benzene rings is 1. The summed E-state index contributed by atoms with van der Waals surface area (Å²) in [5.74, 6) is 0.552. The minimum atomic E-state index is -3.38. The van der Waals surface area contributed by atoms with Crippen LogP contribution in [-0.4, -0.2) is 32.9 Å². The number of anilines is 1. The standard InChI is InChI=1S/C15H24N2O2S/c1-5-16-14-8-11(2)15(12(3)9-14)20(18,19)17(4)10-13-6-7-13/h8-9,13,16H,5-7,10H2,1-4H3. The second-order valence-electron chi connectivity index (χ2n) is 5.70. The Morgan fingerprint density at radius 1 is 1.25 bits per heavy atom. The molecule has 1 saturated carbocycles. The fourth-order valence-electron chi connectivity index (χ4n) is 2.58. The first-order valence-corrected chi connectivity index (χ1v) is 8.61. The lowest BCUT2D eigenvalue weighted by atomic mass is 10.1. The SMILES string of the molecule is CCNc1cc(C)c(S(=O)(=O)N(C)CC2CC2)c(C)c1. The summed E-state index contributed by atoms with van der Waals surface area (Å²) < 4.78 is 26.9. The van der Waals surface area contributed by atoms with Gasteiger partial charge in [0.2, 0.25) is 10.0 Å². The van der Waals surface area contributed by atoms with Gasteiger partial charge in [-0.2, -0.15) is 0 Å². The van der Waals surface area contributed by atoms with Crippen molar-refractivity contribution in [2.24, 2.45) is 5.92 Å². The van der Waals surface area contributed by atoms with Crippen LogP contribution < -0.4 is 5.32 Å². The highest BCUT2D eigenvalue weighted by Gasteiger charge is 2.30. The first-order chi connectivity index (χ1) is 9.36. The zero-order valence-electron chi connectivity index (χ0n) is 12.7. The molecule has 1 aromatic rings. The van der Waals surface area contributed by atoms with Gasteiger partial charge in [0.1, 0.15) is 0 Å². The predicted molar refractivity (Wildman–Crippen MR) is 82.6 cm³/mol. The van der Waals surface area contributed by atoms with Crippen molar-refractivity contribution < 1.29 is 8.42 Å². The van der Waals surface area contributed by atoms with E-state index in [-0.39, 0.29) is 0 Å². The molecule has 1 fully saturated rings. The van der Waals surface area contributed by atoms with Crippen molar-refractivity contribution >= 4 is 15.7 Å². The molecule has 112 valence electrons. The van der Waals surface area contributed by atoms with Gasteiger partial charge in [-0.15, -0.1) is 0 Å². The Hall–Kier alpha value is -1.07. The maximum Gasteiger partial charge on any atom is 0.243 e. The second kappa shape index (κ2) is 5.74. The average molecular weight is 296 g/mol. The predicted octanol–water partition coefficient (Wildman–Crippen LogP) is 2.77. The molecule has 1 N–H and O–H groups in total. The van der Waals surface area contributed by atoms with Crippen LogP contribution in [0.25, 0.3) is 0 Å². The van der Waals surface area contributed by atoms with Crippen LogP contribution in [0.2, 0.25) is 0 Å². The zero-order valence-corrected chi connectivity index (χ0v) is 13.5. The van der Waals surface area contributed by atoms with Crippen molar-refractivity contribution in [1.29, 1.82) is 0 Å². The summed E-state index contributed by atoms with van der Waals surface area (Å²) in [5, 5.41) is 3.23. The smallest absolute Gasteiger partial charge is 0.243 e. The Bertz CT molecular complexity index is 569. The topological polar surface area (TPSA) is 49.4 Å². The van der Waals surface area contributed by atoms with Crippen LogP contribution in [0, 0.1) is 19.8 Å². The van der Waals surface area contributed by atoms with Crippen molar-refractivity contribution in [3.63, 3.8) is 0 Å². The highest BCUT2D eigenvalue weighted by molar-refractivity contribution is 7.89. The van der Waals surface area contributed by atoms with E-state index in [1.807, 2.05) is 32.9 Å². The molecule has 0 amide bonds. The molecule has 0 saturated heterocycles. The fraction of sp³-hybridized carbons (Fsp3) is 0.600. The maximum atomic E-state index is 12.7. The van der Waals surface area contributed by atoms with E-state index < -0.39 is 10.0 Å². The molecule has 4 nitrogen and oxygen atoms in total. The monoisotopic (exact) mass is 296 g/mol. The van der Waals surface area contributed by atoms with Crippen LogP contribution in [0.3, 0.4) is 0 Å². The Labute approximate surface area is 122 Å². The van der Waals surface area contributed by atoms with Crippen molar-refractivity contribution in [3.8, 4) is 0 Å². The van der Waals surface area contributed by atoms with Crippen LogP contribution in [0.4, 0.5) is 5.69 Å². The van der Waals surface area contributed by atoms with Crippen molar-refractivity contribution in [3.05, 3.63) is 23.3 Å². The molecule has 2 rings (SSSR count). The van der Waals surface area contributed by atoms with Crippen molar-refractivity contribution in [2.75, 3.05) is 25.5 Å². The number of sulfonamides is 1. The van der Waals surface area contributed by atoms with E-state index in [4.69, 9.17) is 0 Å². The van der Waals surface area contributed by atoms with E-state index in [0.717, 1.165) is 36.2 Å². The lowest BCUT2D eigenvalue weighted by molar-refractivity contribution is 0.452. The van der Waals surface area contributed by atoms with Gasteiger partial charge in [-0.1, -0.05) is 0 Å². The lowest BCUT2D eigenvalue weighted by Crippen LogP contribution is -2.30. The van der Waals surface area contributed by atoms with Gasteiger partial charge in [0.25, 0.3) is 0 Å². The van der Waals surface area contributed by atoms with E-state index in [0.29, 0.717) is 17.4 Å². The van der Waals surface area contributed by atoms with E-state index >= 15 is 0 Å². The molecular weight excluding hydrogens is 272 g/mol. The first-order valence-electron chi connectivity index (χ1n) is 7.17. The zero-order chi connectivity index (χ0) is 14.9. The Morgan fingerprint density at radius 3 is 2.25 bits per heavy atom. The number of rotatable bonds is 6. The molecule has 0 aliphatic heterocycles. The van der Waals surface area contributed by atoms with E-state index in [1.165, 1.54) is 4.31 Å². The average Bonchev–Trinajstić information content (AvgIpc) is 3.11. The van der Waals surface area contributed by atoms with Gasteiger partial charge in [0, 0.05) is 25.8 Å². The van der Waals surface area contributed by atoms with Crippen molar-refractivity contribution in [2.45, 2.75) is 38.5 Å². The highest BCUT2D eigenvalue weighted by atomic mass is 32.2. The molecule has 0 spiro atoms. The van der Waals surface area contributed by atoms with Gasteiger partial charge < -0.3 is 5.32 Å². The molecule has 5 heteroatoms. The van der Waals surface area contributed by atoms with E-state index in [9.17, 15) is 8.42 Å². The summed E-state index contributed by atoms with van der Waals surface area (Å²) in [6.45, 7) is 7.22. The molecule has 0 heterocycles. The third-order valence-electron chi connectivity index (χ3n) is 3.72. The molecule has 0 bridgehead atoms. The van der Waals surface area contributed by atoms with Crippen LogP contribution >= 0.6 is 0 Å². The summed E-state index contributed by atoms with van der Waals surface area (Å²) >= 11 is 0. The number of nitrogens with zero attached hydrogens (tertiary/aromatic N) is 1. The number of hydrogen-bond acceptors (Lipinski definition) is 3. The summed E-state index contributed by atoms with van der Waals surface area (Å²) in [6.07, 6.45) is 2.30. The fourth-order valence-corrected chi connectivity index (χ4v) is 4.23. The van der Waals surface area contributed by atoms with Gasteiger partial charge in [0.15, 0.2) is 0 Å². The molecule has 20 heavy (non-hydrogen) atoms. The molecule has 1 aliphatic carbocycles.